The summed E-state index contributed by atoms with van der Waals surface area (Å²) in [5, 5.41) is 3.18. The van der Waals surface area contributed by atoms with Crippen LogP contribution in [0, 0.1) is 0 Å². The second kappa shape index (κ2) is 6.07. The molecule has 20 heavy (non-hydrogen) atoms. The van der Waals surface area contributed by atoms with E-state index in [0.29, 0.717) is 6.54 Å². The first-order valence-corrected chi connectivity index (χ1v) is 6.24. The maximum atomic E-state index is 12.5. The largest absolute Gasteiger partial charge is 0.416 e. The maximum Gasteiger partial charge on any atom is 0.416 e. The number of quaternary nitrogens is 1. The summed E-state index contributed by atoms with van der Waals surface area (Å²) in [4.78, 5) is 0. The van der Waals surface area contributed by atoms with Crippen molar-refractivity contribution in [1.29, 1.82) is 0 Å². The molecule has 2 aromatic carbocycles. The molecule has 106 valence electrons. The number of rotatable bonds is 4. The second-order valence-corrected chi connectivity index (χ2v) is 4.54. The van der Waals surface area contributed by atoms with E-state index < -0.39 is 11.7 Å². The lowest BCUT2D eigenvalue weighted by Crippen LogP contribution is -2.60. The minimum atomic E-state index is -4.30. The molecule has 0 spiro atoms. The van der Waals surface area contributed by atoms with Crippen LogP contribution in [0.4, 0.5) is 13.2 Å². The van der Waals surface area contributed by atoms with Crippen molar-refractivity contribution < 1.29 is 18.9 Å². The highest BCUT2D eigenvalue weighted by molar-refractivity contribution is 5.25. The maximum absolute atomic E-state index is 12.5. The van der Waals surface area contributed by atoms with Crippen molar-refractivity contribution in [3.63, 3.8) is 0 Å². The first-order chi connectivity index (χ1) is 9.47. The Hall–Kier alpha value is -1.85. The van der Waals surface area contributed by atoms with Gasteiger partial charge in [0.25, 0.3) is 0 Å². The summed E-state index contributed by atoms with van der Waals surface area (Å²) in [5.41, 5.74) is 5.12. The zero-order valence-electron chi connectivity index (χ0n) is 10.8. The highest BCUT2D eigenvalue weighted by Gasteiger charge is 2.30. The summed E-state index contributed by atoms with van der Waals surface area (Å²) in [7, 11) is 0. The van der Waals surface area contributed by atoms with Crippen molar-refractivity contribution in [3.05, 3.63) is 71.3 Å². The van der Waals surface area contributed by atoms with E-state index in [1.807, 2.05) is 30.3 Å². The minimum Gasteiger partial charge on any atom is -0.339 e. The van der Waals surface area contributed by atoms with Crippen molar-refractivity contribution in [3.8, 4) is 0 Å². The van der Waals surface area contributed by atoms with E-state index in [9.17, 15) is 13.2 Å². The van der Waals surface area contributed by atoms with Crippen LogP contribution in [0.1, 0.15) is 22.9 Å². The van der Waals surface area contributed by atoms with E-state index in [4.69, 9.17) is 0 Å². The highest BCUT2D eigenvalue weighted by Crippen LogP contribution is 2.29. The van der Waals surface area contributed by atoms with Crippen molar-refractivity contribution >= 4 is 0 Å². The van der Waals surface area contributed by atoms with Crippen LogP contribution >= 0.6 is 0 Å². The normalized spacial score (nSPS) is 13.2. The summed E-state index contributed by atoms with van der Waals surface area (Å²) in [6.45, 7) is 0.621. The Kier molecular flexibility index (Phi) is 4.42. The second-order valence-electron chi connectivity index (χ2n) is 4.54. The van der Waals surface area contributed by atoms with Gasteiger partial charge in [0.15, 0.2) is 6.17 Å². The molecule has 1 atom stereocenters. The fraction of sp³-hybridized carbons (Fsp3) is 0.200. The van der Waals surface area contributed by atoms with E-state index in [0.717, 1.165) is 23.3 Å². The third kappa shape index (κ3) is 3.82. The number of alkyl halides is 3. The van der Waals surface area contributed by atoms with Gasteiger partial charge in [-0.05, 0) is 17.7 Å². The fourth-order valence-electron chi connectivity index (χ4n) is 1.86. The van der Waals surface area contributed by atoms with E-state index >= 15 is 0 Å². The number of hydrogen-bond donors (Lipinski definition) is 2. The summed E-state index contributed by atoms with van der Waals surface area (Å²) in [6, 6.07) is 14.8. The Balaban J connectivity index is 1.97. The lowest BCUT2D eigenvalue weighted by atomic mass is 10.1. The molecule has 0 amide bonds. The van der Waals surface area contributed by atoms with Crippen LogP contribution in [0.2, 0.25) is 0 Å². The van der Waals surface area contributed by atoms with Gasteiger partial charge in [-0.1, -0.05) is 42.5 Å². The molecule has 5 heteroatoms. The van der Waals surface area contributed by atoms with Crippen LogP contribution in [-0.4, -0.2) is 0 Å². The molecular weight excluding hydrogens is 265 g/mol. The van der Waals surface area contributed by atoms with Crippen LogP contribution in [0.25, 0.3) is 0 Å². The van der Waals surface area contributed by atoms with E-state index in [1.54, 1.807) is 0 Å². The van der Waals surface area contributed by atoms with Crippen molar-refractivity contribution in [1.82, 2.24) is 5.32 Å². The molecule has 2 rings (SSSR count). The smallest absolute Gasteiger partial charge is 0.339 e. The molecule has 0 aliphatic heterocycles. The van der Waals surface area contributed by atoms with Gasteiger partial charge in [-0.25, -0.2) is 0 Å². The Morgan fingerprint density at radius 1 is 0.950 bits per heavy atom. The predicted molar refractivity (Wildman–Crippen MR) is 70.4 cm³/mol. The van der Waals surface area contributed by atoms with Gasteiger partial charge in [0, 0.05) is 12.1 Å². The van der Waals surface area contributed by atoms with Gasteiger partial charge in [-0.3, -0.25) is 5.32 Å². The molecule has 0 heterocycles. The molecule has 0 radical (unpaired) electrons. The molecule has 2 nitrogen and oxygen atoms in total. The Morgan fingerprint density at radius 3 is 2.10 bits per heavy atom. The first kappa shape index (κ1) is 14.6. The molecule has 0 fully saturated rings. The zero-order chi connectivity index (χ0) is 14.6. The molecule has 0 saturated carbocycles. The lowest BCUT2D eigenvalue weighted by molar-refractivity contribution is -0.436. The highest BCUT2D eigenvalue weighted by atomic mass is 19.4. The van der Waals surface area contributed by atoms with Gasteiger partial charge in [0.1, 0.15) is 0 Å². The average Bonchev–Trinajstić information content (AvgIpc) is 2.45. The predicted octanol–water partition coefficient (Wildman–Crippen LogP) is 2.74. The molecule has 0 aliphatic rings. The van der Waals surface area contributed by atoms with Crippen molar-refractivity contribution in [2.75, 3.05) is 0 Å². The van der Waals surface area contributed by atoms with E-state index in [2.05, 4.69) is 11.1 Å². The van der Waals surface area contributed by atoms with Gasteiger partial charge in [0.05, 0.1) is 5.56 Å². The van der Waals surface area contributed by atoms with Crippen LogP contribution < -0.4 is 11.1 Å². The Labute approximate surface area is 115 Å². The van der Waals surface area contributed by atoms with Gasteiger partial charge < -0.3 is 5.73 Å². The van der Waals surface area contributed by atoms with Crippen LogP contribution in [-0.2, 0) is 12.7 Å². The minimum absolute atomic E-state index is 0.252. The SMILES string of the molecule is [NH3+][C@H](NCc1ccccc1)c1ccc(C(F)(F)F)cc1. The monoisotopic (exact) mass is 281 g/mol. The lowest BCUT2D eigenvalue weighted by Gasteiger charge is -2.12. The van der Waals surface area contributed by atoms with Crippen molar-refractivity contribution in [2.24, 2.45) is 0 Å². The zero-order valence-corrected chi connectivity index (χ0v) is 10.8. The topological polar surface area (TPSA) is 39.7 Å². The molecule has 2 aromatic rings. The van der Waals surface area contributed by atoms with Gasteiger partial charge in [0.2, 0.25) is 0 Å². The van der Waals surface area contributed by atoms with Gasteiger partial charge >= 0.3 is 6.18 Å². The molecular formula is C15H16F3N2+. The van der Waals surface area contributed by atoms with Gasteiger partial charge in [-0.15, -0.1) is 0 Å². The molecule has 0 saturated heterocycles. The molecule has 0 aliphatic carbocycles. The Morgan fingerprint density at radius 2 is 1.55 bits per heavy atom. The average molecular weight is 281 g/mol. The quantitative estimate of drug-likeness (QED) is 0.831. The number of nitrogens with one attached hydrogen (secondary N) is 1. The summed E-state index contributed by atoms with van der Waals surface area (Å²) < 4.78 is 37.4. The van der Waals surface area contributed by atoms with E-state index in [1.165, 1.54) is 12.1 Å². The Bertz CT molecular complexity index is 535. The summed E-state index contributed by atoms with van der Waals surface area (Å²) in [6.07, 6.45) is -4.55. The number of halogens is 3. The first-order valence-electron chi connectivity index (χ1n) is 6.24. The summed E-state index contributed by atoms with van der Waals surface area (Å²) >= 11 is 0. The number of hydrogen-bond acceptors (Lipinski definition) is 1. The van der Waals surface area contributed by atoms with Crippen LogP contribution in [0.15, 0.2) is 54.6 Å². The fourth-order valence-corrected chi connectivity index (χ4v) is 1.86. The summed E-state index contributed by atoms with van der Waals surface area (Å²) in [5.74, 6) is 0. The standard InChI is InChI=1S/C15H15F3N2/c16-15(17,18)13-8-6-12(7-9-13)14(19)20-10-11-4-2-1-3-5-11/h1-9,14,20H,10,19H2/p+1/t14-/m1/s1. The molecule has 4 N–H and O–H groups in total. The number of benzene rings is 2. The molecule has 0 bridgehead atoms. The van der Waals surface area contributed by atoms with Crippen LogP contribution in [0.3, 0.4) is 0 Å². The van der Waals surface area contributed by atoms with Gasteiger partial charge in [-0.2, -0.15) is 13.2 Å². The van der Waals surface area contributed by atoms with E-state index in [-0.39, 0.29) is 6.17 Å². The van der Waals surface area contributed by atoms with Crippen molar-refractivity contribution in [2.45, 2.75) is 18.9 Å². The molecule has 0 aromatic heterocycles. The third-order valence-corrected chi connectivity index (χ3v) is 3.04. The third-order valence-electron chi connectivity index (χ3n) is 3.04. The molecule has 0 unspecified atom stereocenters. The van der Waals surface area contributed by atoms with Crippen LogP contribution in [0.5, 0.6) is 0 Å².